The van der Waals surface area contributed by atoms with Crippen molar-refractivity contribution in [3.05, 3.63) is 53.3 Å². The standard InChI is InChI=1S/C15H18N2O/c1-4-14(13-8-6-5-7-9-13)15(18)17-12(3)10-11(2)16-17/h5-10,14H,4H2,1-3H3. The fourth-order valence-electron chi connectivity index (χ4n) is 2.24. The molecule has 0 amide bonds. The first-order valence-corrected chi connectivity index (χ1v) is 6.26. The minimum atomic E-state index is -0.121. The van der Waals surface area contributed by atoms with Crippen LogP contribution in [0.1, 0.15) is 41.0 Å². The predicted octanol–water partition coefficient (Wildman–Crippen LogP) is 3.33. The summed E-state index contributed by atoms with van der Waals surface area (Å²) < 4.78 is 1.52. The predicted molar refractivity (Wildman–Crippen MR) is 71.8 cm³/mol. The van der Waals surface area contributed by atoms with Crippen molar-refractivity contribution in [2.45, 2.75) is 33.1 Å². The van der Waals surface area contributed by atoms with Gasteiger partial charge in [-0.1, -0.05) is 37.3 Å². The Bertz CT molecular complexity index is 543. The molecule has 2 rings (SSSR count). The quantitative estimate of drug-likeness (QED) is 0.827. The summed E-state index contributed by atoms with van der Waals surface area (Å²) in [6.07, 6.45) is 0.779. The van der Waals surface area contributed by atoms with E-state index in [1.54, 1.807) is 0 Å². The number of rotatable bonds is 3. The molecule has 0 aliphatic heterocycles. The van der Waals surface area contributed by atoms with Crippen molar-refractivity contribution < 1.29 is 4.79 Å². The highest BCUT2D eigenvalue weighted by atomic mass is 16.2. The lowest BCUT2D eigenvalue weighted by atomic mass is 9.96. The lowest BCUT2D eigenvalue weighted by Crippen LogP contribution is -2.22. The SMILES string of the molecule is CCC(C(=O)n1nc(C)cc1C)c1ccccc1. The van der Waals surface area contributed by atoms with Gasteiger partial charge in [0.05, 0.1) is 11.6 Å². The first-order chi connectivity index (χ1) is 8.63. The van der Waals surface area contributed by atoms with Crippen LogP contribution in [0.15, 0.2) is 36.4 Å². The van der Waals surface area contributed by atoms with Crippen molar-refractivity contribution in [3.8, 4) is 0 Å². The molecule has 3 heteroatoms. The zero-order chi connectivity index (χ0) is 13.1. The molecule has 0 saturated heterocycles. The zero-order valence-corrected chi connectivity index (χ0v) is 11.1. The Morgan fingerprint density at radius 3 is 2.44 bits per heavy atom. The van der Waals surface area contributed by atoms with E-state index in [1.807, 2.05) is 57.2 Å². The van der Waals surface area contributed by atoms with Crippen LogP contribution in [0, 0.1) is 13.8 Å². The summed E-state index contributed by atoms with van der Waals surface area (Å²) in [5.74, 6) is -0.0708. The zero-order valence-electron chi connectivity index (χ0n) is 11.1. The smallest absolute Gasteiger partial charge is 0.254 e. The van der Waals surface area contributed by atoms with E-state index in [-0.39, 0.29) is 11.8 Å². The lowest BCUT2D eigenvalue weighted by Gasteiger charge is -2.14. The molecule has 1 aromatic carbocycles. The van der Waals surface area contributed by atoms with Gasteiger partial charge in [-0.05, 0) is 31.9 Å². The molecule has 0 bridgehead atoms. The Balaban J connectivity index is 2.34. The molecule has 0 aliphatic rings. The molecule has 1 heterocycles. The highest BCUT2D eigenvalue weighted by molar-refractivity contribution is 5.85. The van der Waals surface area contributed by atoms with Crippen molar-refractivity contribution >= 4 is 5.91 Å². The van der Waals surface area contributed by atoms with E-state index in [1.165, 1.54) is 4.68 Å². The number of aryl methyl sites for hydroxylation is 2. The fraction of sp³-hybridized carbons (Fsp3) is 0.333. The van der Waals surface area contributed by atoms with E-state index in [9.17, 15) is 4.79 Å². The summed E-state index contributed by atoms with van der Waals surface area (Å²) in [5.41, 5.74) is 2.83. The molecule has 0 N–H and O–H groups in total. The van der Waals surface area contributed by atoms with Gasteiger partial charge >= 0.3 is 0 Å². The summed E-state index contributed by atoms with van der Waals surface area (Å²) in [5, 5.41) is 4.27. The second-order valence-corrected chi connectivity index (χ2v) is 4.55. The summed E-state index contributed by atoms with van der Waals surface area (Å²) in [6.45, 7) is 5.84. The molecule has 0 aliphatic carbocycles. The van der Waals surface area contributed by atoms with Crippen LogP contribution >= 0.6 is 0 Å². The highest BCUT2D eigenvalue weighted by Crippen LogP contribution is 2.22. The first-order valence-electron chi connectivity index (χ1n) is 6.26. The summed E-state index contributed by atoms with van der Waals surface area (Å²) in [6, 6.07) is 11.8. The molecule has 0 saturated carbocycles. The van der Waals surface area contributed by atoms with Gasteiger partial charge in [-0.15, -0.1) is 0 Å². The Hall–Kier alpha value is -1.90. The number of nitrogens with zero attached hydrogens (tertiary/aromatic N) is 2. The average Bonchev–Trinajstić information content (AvgIpc) is 2.70. The monoisotopic (exact) mass is 242 g/mol. The van der Waals surface area contributed by atoms with Crippen LogP contribution in [0.3, 0.4) is 0 Å². The van der Waals surface area contributed by atoms with Gasteiger partial charge in [0.25, 0.3) is 5.91 Å². The second-order valence-electron chi connectivity index (χ2n) is 4.55. The summed E-state index contributed by atoms with van der Waals surface area (Å²) in [7, 11) is 0. The average molecular weight is 242 g/mol. The number of hydrogen-bond donors (Lipinski definition) is 0. The summed E-state index contributed by atoms with van der Waals surface area (Å²) in [4.78, 5) is 12.5. The molecule has 0 fully saturated rings. The molecule has 0 radical (unpaired) electrons. The lowest BCUT2D eigenvalue weighted by molar-refractivity contribution is 0.0855. The molecule has 0 spiro atoms. The number of carbonyl (C=O) groups is 1. The molecule has 1 unspecified atom stereocenters. The minimum Gasteiger partial charge on any atom is -0.272 e. The van der Waals surface area contributed by atoms with Gasteiger partial charge in [-0.25, -0.2) is 4.68 Å². The molecule has 2 aromatic rings. The van der Waals surface area contributed by atoms with Gasteiger partial charge in [-0.3, -0.25) is 4.79 Å². The van der Waals surface area contributed by atoms with Crippen LogP contribution in [-0.2, 0) is 0 Å². The van der Waals surface area contributed by atoms with Crippen LogP contribution in [-0.4, -0.2) is 15.7 Å². The number of aromatic nitrogens is 2. The number of hydrogen-bond acceptors (Lipinski definition) is 2. The van der Waals surface area contributed by atoms with E-state index in [2.05, 4.69) is 5.10 Å². The van der Waals surface area contributed by atoms with Crippen molar-refractivity contribution in [2.75, 3.05) is 0 Å². The summed E-state index contributed by atoms with van der Waals surface area (Å²) >= 11 is 0. The number of carbonyl (C=O) groups excluding carboxylic acids is 1. The molecular formula is C15H18N2O. The maximum absolute atomic E-state index is 12.5. The normalized spacial score (nSPS) is 12.4. The van der Waals surface area contributed by atoms with Crippen molar-refractivity contribution in [1.82, 2.24) is 9.78 Å². The molecule has 3 nitrogen and oxygen atoms in total. The second kappa shape index (κ2) is 5.17. The Morgan fingerprint density at radius 1 is 1.28 bits per heavy atom. The topological polar surface area (TPSA) is 34.9 Å². The van der Waals surface area contributed by atoms with E-state index in [0.29, 0.717) is 0 Å². The molecule has 94 valence electrons. The molecule has 1 atom stereocenters. The van der Waals surface area contributed by atoms with Crippen molar-refractivity contribution in [3.63, 3.8) is 0 Å². The van der Waals surface area contributed by atoms with Gasteiger partial charge < -0.3 is 0 Å². The van der Waals surface area contributed by atoms with E-state index < -0.39 is 0 Å². The van der Waals surface area contributed by atoms with Gasteiger partial charge in [-0.2, -0.15) is 5.10 Å². The van der Waals surface area contributed by atoms with Crippen LogP contribution < -0.4 is 0 Å². The highest BCUT2D eigenvalue weighted by Gasteiger charge is 2.22. The van der Waals surface area contributed by atoms with Gasteiger partial charge in [0.2, 0.25) is 0 Å². The maximum Gasteiger partial charge on any atom is 0.254 e. The third-order valence-electron chi connectivity index (χ3n) is 3.13. The van der Waals surface area contributed by atoms with Crippen molar-refractivity contribution in [2.24, 2.45) is 0 Å². The number of benzene rings is 1. The molecular weight excluding hydrogens is 224 g/mol. The van der Waals surface area contributed by atoms with Crippen LogP contribution in [0.25, 0.3) is 0 Å². The Morgan fingerprint density at radius 2 is 1.94 bits per heavy atom. The maximum atomic E-state index is 12.5. The fourth-order valence-corrected chi connectivity index (χ4v) is 2.24. The van der Waals surface area contributed by atoms with Gasteiger partial charge in [0.1, 0.15) is 0 Å². The van der Waals surface area contributed by atoms with Gasteiger partial charge in [0.15, 0.2) is 0 Å². The van der Waals surface area contributed by atoms with Crippen LogP contribution in [0.5, 0.6) is 0 Å². The van der Waals surface area contributed by atoms with E-state index >= 15 is 0 Å². The van der Waals surface area contributed by atoms with Gasteiger partial charge in [0, 0.05) is 5.69 Å². The van der Waals surface area contributed by atoms with Crippen LogP contribution in [0.4, 0.5) is 0 Å². The largest absolute Gasteiger partial charge is 0.272 e. The Kier molecular flexibility index (Phi) is 3.60. The van der Waals surface area contributed by atoms with Crippen molar-refractivity contribution in [1.29, 1.82) is 0 Å². The minimum absolute atomic E-state index is 0.0503. The first kappa shape index (κ1) is 12.6. The Labute approximate surface area is 107 Å². The molecule has 1 aromatic heterocycles. The van der Waals surface area contributed by atoms with Crippen LogP contribution in [0.2, 0.25) is 0 Å². The third-order valence-corrected chi connectivity index (χ3v) is 3.13. The third kappa shape index (κ3) is 2.35. The van der Waals surface area contributed by atoms with E-state index in [0.717, 1.165) is 23.4 Å². The molecule has 18 heavy (non-hydrogen) atoms. The van der Waals surface area contributed by atoms with E-state index in [4.69, 9.17) is 0 Å².